The largest absolute Gasteiger partial charge is 0.345 e. The number of hydrogen-bond donors (Lipinski definition) is 1. The van der Waals surface area contributed by atoms with E-state index in [1.54, 1.807) is 0 Å². The molecule has 80 valence electrons. The zero-order chi connectivity index (χ0) is 11.0. The lowest BCUT2D eigenvalue weighted by atomic mass is 10.1. The predicted octanol–water partition coefficient (Wildman–Crippen LogP) is 3.73. The van der Waals surface area contributed by atoms with Gasteiger partial charge in [0.1, 0.15) is 16.6 Å². The molecule has 0 amide bonds. The number of hydrogen-bond acceptors (Lipinski definition) is 2. The Morgan fingerprint density at radius 1 is 1.53 bits per heavy atom. The van der Waals surface area contributed by atoms with Crippen molar-refractivity contribution in [3.05, 3.63) is 20.7 Å². The summed E-state index contributed by atoms with van der Waals surface area (Å²) in [5.74, 6) is 1.15. The molecular formula is C10H11ClIN3. The summed E-state index contributed by atoms with van der Waals surface area (Å²) in [6, 6.07) is 0. The van der Waals surface area contributed by atoms with Crippen LogP contribution in [0.4, 0.5) is 0 Å². The van der Waals surface area contributed by atoms with E-state index < -0.39 is 0 Å². The lowest BCUT2D eigenvalue weighted by Gasteiger charge is -2.07. The molecule has 0 unspecified atom stereocenters. The molecule has 2 heterocycles. The van der Waals surface area contributed by atoms with Crippen LogP contribution < -0.4 is 0 Å². The minimum Gasteiger partial charge on any atom is -0.345 e. The van der Waals surface area contributed by atoms with Gasteiger partial charge in [-0.1, -0.05) is 25.4 Å². The second-order valence-electron chi connectivity index (χ2n) is 3.54. The number of rotatable bonds is 2. The van der Waals surface area contributed by atoms with Gasteiger partial charge in [-0.05, 0) is 29.0 Å². The van der Waals surface area contributed by atoms with Crippen molar-refractivity contribution in [3.8, 4) is 0 Å². The van der Waals surface area contributed by atoms with Gasteiger partial charge in [0.15, 0.2) is 0 Å². The summed E-state index contributed by atoms with van der Waals surface area (Å²) < 4.78 is 1.06. The molecule has 2 aromatic heterocycles. The van der Waals surface area contributed by atoms with Crippen LogP contribution in [0.3, 0.4) is 0 Å². The van der Waals surface area contributed by atoms with Gasteiger partial charge in [0.2, 0.25) is 0 Å². The average Bonchev–Trinajstić information content (AvgIpc) is 2.59. The van der Waals surface area contributed by atoms with Crippen molar-refractivity contribution in [2.45, 2.75) is 26.2 Å². The van der Waals surface area contributed by atoms with Crippen LogP contribution in [0.2, 0.25) is 5.15 Å². The highest BCUT2D eigenvalue weighted by Crippen LogP contribution is 2.27. The first-order chi connectivity index (χ1) is 7.13. The van der Waals surface area contributed by atoms with E-state index in [9.17, 15) is 0 Å². The molecule has 0 spiro atoms. The van der Waals surface area contributed by atoms with Crippen molar-refractivity contribution < 1.29 is 0 Å². The van der Waals surface area contributed by atoms with Gasteiger partial charge in [0, 0.05) is 15.7 Å². The molecule has 1 N–H and O–H groups in total. The first kappa shape index (κ1) is 11.1. The van der Waals surface area contributed by atoms with Crippen molar-refractivity contribution in [1.29, 1.82) is 0 Å². The molecule has 0 aliphatic rings. The molecule has 2 aromatic rings. The summed E-state index contributed by atoms with van der Waals surface area (Å²) in [7, 11) is 0. The van der Waals surface area contributed by atoms with Crippen LogP contribution >= 0.6 is 34.2 Å². The van der Waals surface area contributed by atoms with Gasteiger partial charge < -0.3 is 4.98 Å². The van der Waals surface area contributed by atoms with E-state index in [2.05, 4.69) is 51.4 Å². The smallest absolute Gasteiger partial charge is 0.143 e. The van der Waals surface area contributed by atoms with E-state index >= 15 is 0 Å². The zero-order valence-electron chi connectivity index (χ0n) is 8.51. The maximum absolute atomic E-state index is 6.13. The monoisotopic (exact) mass is 335 g/mol. The number of aromatic nitrogens is 3. The molecule has 2 rings (SSSR count). The van der Waals surface area contributed by atoms with Gasteiger partial charge in [-0.2, -0.15) is 0 Å². The Morgan fingerprint density at radius 3 is 2.93 bits per heavy atom. The van der Waals surface area contributed by atoms with Crippen LogP contribution in [0.5, 0.6) is 0 Å². The number of nitrogens with one attached hydrogen (secondary N) is 1. The summed E-state index contributed by atoms with van der Waals surface area (Å²) >= 11 is 8.36. The van der Waals surface area contributed by atoms with Gasteiger partial charge in [-0.15, -0.1) is 0 Å². The molecular weight excluding hydrogens is 324 g/mol. The molecule has 0 aromatic carbocycles. The van der Waals surface area contributed by atoms with Crippen LogP contribution in [-0.4, -0.2) is 15.0 Å². The van der Waals surface area contributed by atoms with E-state index in [1.807, 2.05) is 6.20 Å². The molecule has 3 nitrogen and oxygen atoms in total. The minimum atomic E-state index is 0.341. The third-order valence-electron chi connectivity index (χ3n) is 2.51. The van der Waals surface area contributed by atoms with Crippen LogP contribution in [0.25, 0.3) is 11.0 Å². The van der Waals surface area contributed by atoms with Crippen molar-refractivity contribution in [3.63, 3.8) is 0 Å². The van der Waals surface area contributed by atoms with Gasteiger partial charge in [0.25, 0.3) is 0 Å². The van der Waals surface area contributed by atoms with E-state index in [0.29, 0.717) is 11.1 Å². The lowest BCUT2D eigenvalue weighted by molar-refractivity contribution is 0.682. The molecule has 15 heavy (non-hydrogen) atoms. The zero-order valence-corrected chi connectivity index (χ0v) is 11.4. The number of nitrogens with zero attached hydrogens (tertiary/aromatic N) is 2. The van der Waals surface area contributed by atoms with Crippen molar-refractivity contribution in [2.24, 2.45) is 0 Å². The average molecular weight is 336 g/mol. The summed E-state index contributed by atoms with van der Waals surface area (Å²) in [6.07, 6.45) is 2.91. The van der Waals surface area contributed by atoms with Crippen molar-refractivity contribution >= 4 is 45.2 Å². The molecule has 0 aliphatic heterocycles. The number of fused-ring (bicyclic) bond motifs is 1. The highest BCUT2D eigenvalue weighted by atomic mass is 127. The Morgan fingerprint density at radius 2 is 2.27 bits per heavy atom. The fourth-order valence-corrected chi connectivity index (χ4v) is 2.48. The predicted molar refractivity (Wildman–Crippen MR) is 70.3 cm³/mol. The fourth-order valence-electron chi connectivity index (χ4n) is 1.37. The Balaban J connectivity index is 2.63. The molecule has 0 radical (unpaired) electrons. The number of aromatic amines is 1. The normalized spacial score (nSPS) is 13.3. The van der Waals surface area contributed by atoms with Gasteiger partial charge in [-0.25, -0.2) is 9.97 Å². The first-order valence-electron chi connectivity index (χ1n) is 4.83. The Labute approximate surface area is 107 Å². The Bertz CT molecular complexity index is 495. The fraction of sp³-hybridized carbons (Fsp3) is 0.400. The summed E-state index contributed by atoms with van der Waals surface area (Å²) in [4.78, 5) is 11.9. The second kappa shape index (κ2) is 4.25. The third kappa shape index (κ3) is 1.97. The highest BCUT2D eigenvalue weighted by Gasteiger charge is 2.13. The molecule has 0 aliphatic carbocycles. The molecule has 1 atom stereocenters. The quantitative estimate of drug-likeness (QED) is 0.671. The Kier molecular flexibility index (Phi) is 3.16. The third-order valence-corrected chi connectivity index (χ3v) is 3.63. The maximum Gasteiger partial charge on any atom is 0.143 e. The SMILES string of the molecule is CC[C@@H](C)c1nc(Cl)c2c(I)c[nH]c2n1. The summed E-state index contributed by atoms with van der Waals surface area (Å²) in [5.41, 5.74) is 0.828. The van der Waals surface area contributed by atoms with Crippen molar-refractivity contribution in [1.82, 2.24) is 15.0 Å². The van der Waals surface area contributed by atoms with Crippen molar-refractivity contribution in [2.75, 3.05) is 0 Å². The first-order valence-corrected chi connectivity index (χ1v) is 6.29. The topological polar surface area (TPSA) is 41.6 Å². The number of halogens is 2. The van der Waals surface area contributed by atoms with E-state index in [1.165, 1.54) is 0 Å². The molecule has 0 saturated heterocycles. The van der Waals surface area contributed by atoms with Gasteiger partial charge in [-0.3, -0.25) is 0 Å². The molecule has 5 heteroatoms. The molecule has 0 fully saturated rings. The summed E-state index contributed by atoms with van der Waals surface area (Å²) in [5, 5.41) is 1.46. The molecule has 0 saturated carbocycles. The van der Waals surface area contributed by atoms with Crippen LogP contribution in [0, 0.1) is 3.57 Å². The minimum absolute atomic E-state index is 0.341. The van der Waals surface area contributed by atoms with E-state index in [4.69, 9.17) is 11.6 Å². The summed E-state index contributed by atoms with van der Waals surface area (Å²) in [6.45, 7) is 4.22. The maximum atomic E-state index is 6.13. The standard InChI is InChI=1S/C10H11ClIN3/c1-3-5(2)9-14-8(11)7-6(12)4-13-10(7)15-9/h4-5H,3H2,1-2H3,(H,13,14,15)/t5-/m1/s1. The van der Waals surface area contributed by atoms with Crippen LogP contribution in [-0.2, 0) is 0 Å². The Hall–Kier alpha value is -0.360. The van der Waals surface area contributed by atoms with Crippen LogP contribution in [0.15, 0.2) is 6.20 Å². The number of H-pyrrole nitrogens is 1. The van der Waals surface area contributed by atoms with Gasteiger partial charge >= 0.3 is 0 Å². The highest BCUT2D eigenvalue weighted by molar-refractivity contribution is 14.1. The van der Waals surface area contributed by atoms with Crippen LogP contribution in [0.1, 0.15) is 32.0 Å². The van der Waals surface area contributed by atoms with E-state index in [0.717, 1.165) is 26.8 Å². The molecule has 0 bridgehead atoms. The second-order valence-corrected chi connectivity index (χ2v) is 5.06. The van der Waals surface area contributed by atoms with Gasteiger partial charge in [0.05, 0.1) is 5.39 Å². The lowest BCUT2D eigenvalue weighted by Crippen LogP contribution is -2.00. The van der Waals surface area contributed by atoms with E-state index in [-0.39, 0.29) is 0 Å².